The fraction of sp³-hybridized carbons (Fsp3) is 0.294. The summed E-state index contributed by atoms with van der Waals surface area (Å²) in [5.41, 5.74) is 3.99. The van der Waals surface area contributed by atoms with Gasteiger partial charge in [-0.15, -0.1) is 11.8 Å². The molecule has 0 saturated heterocycles. The quantitative estimate of drug-likeness (QED) is 0.800. The highest BCUT2D eigenvalue weighted by atomic mass is 32.2. The maximum Gasteiger partial charge on any atom is 0.0295 e. The van der Waals surface area contributed by atoms with Crippen molar-refractivity contribution in [1.29, 1.82) is 0 Å². The van der Waals surface area contributed by atoms with Crippen molar-refractivity contribution in [3.63, 3.8) is 0 Å². The number of benzene rings is 2. The molecule has 0 saturated carbocycles. The van der Waals surface area contributed by atoms with E-state index in [0.717, 1.165) is 6.54 Å². The summed E-state index contributed by atoms with van der Waals surface area (Å²) < 4.78 is 0. The molecule has 2 aromatic carbocycles. The van der Waals surface area contributed by atoms with E-state index in [1.807, 2.05) is 0 Å². The normalized spacial score (nSPS) is 12.4. The molecule has 2 rings (SSSR count). The van der Waals surface area contributed by atoms with E-state index in [2.05, 4.69) is 74.0 Å². The van der Waals surface area contributed by atoms with Crippen molar-refractivity contribution < 1.29 is 0 Å². The highest BCUT2D eigenvalue weighted by Gasteiger charge is 2.04. The second-order valence-electron chi connectivity index (χ2n) is 4.86. The smallest absolute Gasteiger partial charge is 0.0295 e. The average molecular weight is 271 g/mol. The molecule has 1 N–H and O–H groups in total. The molecule has 0 fully saturated rings. The first-order valence-corrected chi connectivity index (χ1v) is 7.84. The van der Waals surface area contributed by atoms with Gasteiger partial charge in [-0.2, -0.15) is 0 Å². The predicted molar refractivity (Wildman–Crippen MR) is 84.7 cm³/mol. The molecule has 0 spiro atoms. The molecular formula is C17H21NS. The Morgan fingerprint density at radius 2 is 1.84 bits per heavy atom. The maximum atomic E-state index is 3.57. The van der Waals surface area contributed by atoms with Gasteiger partial charge in [-0.1, -0.05) is 42.0 Å². The van der Waals surface area contributed by atoms with E-state index >= 15 is 0 Å². The minimum Gasteiger partial charge on any atom is -0.306 e. The van der Waals surface area contributed by atoms with Crippen LogP contribution in [0.15, 0.2) is 53.4 Å². The van der Waals surface area contributed by atoms with Crippen LogP contribution < -0.4 is 5.32 Å². The largest absolute Gasteiger partial charge is 0.306 e. The molecule has 0 aliphatic rings. The van der Waals surface area contributed by atoms with E-state index in [0.29, 0.717) is 6.04 Å². The van der Waals surface area contributed by atoms with Gasteiger partial charge in [-0.3, -0.25) is 0 Å². The molecule has 2 aromatic rings. The molecular weight excluding hydrogens is 250 g/mol. The summed E-state index contributed by atoms with van der Waals surface area (Å²) in [7, 11) is 0. The van der Waals surface area contributed by atoms with Gasteiger partial charge >= 0.3 is 0 Å². The SMILES string of the molecule is CSc1ccc(CN[C@@H](C)c2cccc(C)c2)cc1. The summed E-state index contributed by atoms with van der Waals surface area (Å²) in [4.78, 5) is 1.32. The fourth-order valence-electron chi connectivity index (χ4n) is 2.07. The number of rotatable bonds is 5. The first-order valence-electron chi connectivity index (χ1n) is 6.62. The van der Waals surface area contributed by atoms with Crippen LogP contribution in [0.3, 0.4) is 0 Å². The van der Waals surface area contributed by atoms with E-state index in [9.17, 15) is 0 Å². The van der Waals surface area contributed by atoms with Crippen LogP contribution in [0.4, 0.5) is 0 Å². The van der Waals surface area contributed by atoms with E-state index in [-0.39, 0.29) is 0 Å². The van der Waals surface area contributed by atoms with Crippen molar-refractivity contribution >= 4 is 11.8 Å². The van der Waals surface area contributed by atoms with Gasteiger partial charge in [0.1, 0.15) is 0 Å². The Morgan fingerprint density at radius 3 is 2.47 bits per heavy atom. The summed E-state index contributed by atoms with van der Waals surface area (Å²) in [5.74, 6) is 0. The molecule has 19 heavy (non-hydrogen) atoms. The van der Waals surface area contributed by atoms with Gasteiger partial charge < -0.3 is 5.32 Å². The summed E-state index contributed by atoms with van der Waals surface area (Å²) in [6.07, 6.45) is 2.10. The standard InChI is InChI=1S/C17H21NS/c1-13-5-4-6-16(11-13)14(2)18-12-15-7-9-17(19-3)10-8-15/h4-11,14,18H,12H2,1-3H3/t14-/m0/s1. The molecule has 1 atom stereocenters. The monoisotopic (exact) mass is 271 g/mol. The Balaban J connectivity index is 1.94. The van der Waals surface area contributed by atoms with Crippen LogP contribution in [0.25, 0.3) is 0 Å². The van der Waals surface area contributed by atoms with Crippen LogP contribution in [-0.2, 0) is 6.54 Å². The third kappa shape index (κ3) is 4.12. The topological polar surface area (TPSA) is 12.0 Å². The van der Waals surface area contributed by atoms with Gasteiger partial charge in [0, 0.05) is 17.5 Å². The molecule has 1 nitrogen and oxygen atoms in total. The van der Waals surface area contributed by atoms with Gasteiger partial charge in [0.25, 0.3) is 0 Å². The molecule has 0 aliphatic heterocycles. The lowest BCUT2D eigenvalue weighted by molar-refractivity contribution is 0.574. The number of thioether (sulfide) groups is 1. The molecule has 0 bridgehead atoms. The highest BCUT2D eigenvalue weighted by Crippen LogP contribution is 2.17. The van der Waals surface area contributed by atoms with E-state index < -0.39 is 0 Å². The molecule has 0 unspecified atom stereocenters. The predicted octanol–water partition coefficient (Wildman–Crippen LogP) is 4.57. The molecule has 0 aliphatic carbocycles. The number of hydrogen-bond acceptors (Lipinski definition) is 2. The summed E-state index contributed by atoms with van der Waals surface area (Å²) in [5, 5.41) is 3.57. The first kappa shape index (κ1) is 14.2. The van der Waals surface area contributed by atoms with Crippen LogP contribution in [0.1, 0.15) is 29.7 Å². The Labute approximate surface area is 120 Å². The first-order chi connectivity index (χ1) is 9.19. The lowest BCUT2D eigenvalue weighted by Crippen LogP contribution is -2.18. The number of nitrogens with one attached hydrogen (secondary N) is 1. The average Bonchev–Trinajstić information content (AvgIpc) is 2.45. The van der Waals surface area contributed by atoms with Gasteiger partial charge in [-0.25, -0.2) is 0 Å². The van der Waals surface area contributed by atoms with Crippen LogP contribution in [0.5, 0.6) is 0 Å². The van der Waals surface area contributed by atoms with Crippen LogP contribution >= 0.6 is 11.8 Å². The third-order valence-corrected chi connectivity index (χ3v) is 4.06. The zero-order chi connectivity index (χ0) is 13.7. The fourth-order valence-corrected chi connectivity index (χ4v) is 2.48. The second kappa shape index (κ2) is 6.78. The van der Waals surface area contributed by atoms with Crippen molar-refractivity contribution in [1.82, 2.24) is 5.32 Å². The molecule has 0 aromatic heterocycles. The Bertz CT molecular complexity index is 519. The highest BCUT2D eigenvalue weighted by molar-refractivity contribution is 7.98. The minimum absolute atomic E-state index is 0.375. The minimum atomic E-state index is 0.375. The molecule has 0 amide bonds. The van der Waals surface area contributed by atoms with Crippen molar-refractivity contribution in [2.45, 2.75) is 31.3 Å². The number of aryl methyl sites for hydroxylation is 1. The Morgan fingerprint density at radius 1 is 1.11 bits per heavy atom. The van der Waals surface area contributed by atoms with Gasteiger partial charge in [0.2, 0.25) is 0 Å². The molecule has 0 heterocycles. The van der Waals surface area contributed by atoms with Crippen LogP contribution in [0, 0.1) is 6.92 Å². The zero-order valence-corrected chi connectivity index (χ0v) is 12.6. The van der Waals surface area contributed by atoms with E-state index in [1.54, 1.807) is 11.8 Å². The van der Waals surface area contributed by atoms with Gasteiger partial charge in [-0.05, 0) is 43.4 Å². The zero-order valence-electron chi connectivity index (χ0n) is 11.8. The lowest BCUT2D eigenvalue weighted by Gasteiger charge is -2.15. The van der Waals surface area contributed by atoms with E-state index in [1.165, 1.54) is 21.6 Å². The van der Waals surface area contributed by atoms with Crippen molar-refractivity contribution in [2.24, 2.45) is 0 Å². The number of hydrogen-bond donors (Lipinski definition) is 1. The maximum absolute atomic E-state index is 3.57. The molecule has 100 valence electrons. The molecule has 0 radical (unpaired) electrons. The van der Waals surface area contributed by atoms with Crippen molar-refractivity contribution in [3.05, 3.63) is 65.2 Å². The van der Waals surface area contributed by atoms with Crippen LogP contribution in [0.2, 0.25) is 0 Å². The van der Waals surface area contributed by atoms with Gasteiger partial charge in [0.05, 0.1) is 0 Å². The second-order valence-corrected chi connectivity index (χ2v) is 5.74. The third-order valence-electron chi connectivity index (χ3n) is 3.31. The molecule has 2 heteroatoms. The Hall–Kier alpha value is -1.25. The summed E-state index contributed by atoms with van der Waals surface area (Å²) in [6.45, 7) is 5.26. The van der Waals surface area contributed by atoms with Crippen molar-refractivity contribution in [2.75, 3.05) is 6.26 Å². The van der Waals surface area contributed by atoms with Crippen LogP contribution in [-0.4, -0.2) is 6.26 Å². The summed E-state index contributed by atoms with van der Waals surface area (Å²) in [6, 6.07) is 17.8. The lowest BCUT2D eigenvalue weighted by atomic mass is 10.1. The Kier molecular flexibility index (Phi) is 5.06. The van der Waals surface area contributed by atoms with E-state index in [4.69, 9.17) is 0 Å². The van der Waals surface area contributed by atoms with Crippen molar-refractivity contribution in [3.8, 4) is 0 Å². The van der Waals surface area contributed by atoms with Gasteiger partial charge in [0.15, 0.2) is 0 Å². The summed E-state index contributed by atoms with van der Waals surface area (Å²) >= 11 is 1.78.